The number of hydrogen-bond acceptors (Lipinski definition) is 4. The van der Waals surface area contributed by atoms with E-state index in [1.165, 1.54) is 0 Å². The highest BCUT2D eigenvalue weighted by molar-refractivity contribution is 6.20. The quantitative estimate of drug-likeness (QED) is 0.306. The molecule has 0 atom stereocenters. The smallest absolute Gasteiger partial charge is 0.252 e. The van der Waals surface area contributed by atoms with Gasteiger partial charge < -0.3 is 19.9 Å². The van der Waals surface area contributed by atoms with E-state index in [-0.39, 0.29) is 18.4 Å². The molecule has 0 fully saturated rings. The van der Waals surface area contributed by atoms with Crippen molar-refractivity contribution in [2.45, 2.75) is 75.4 Å². The molecule has 4 bridgehead atoms. The summed E-state index contributed by atoms with van der Waals surface area (Å²) < 4.78 is 8.08. The Balaban J connectivity index is 0.00000175. The Morgan fingerprint density at radius 1 is 0.900 bits per heavy atom. The van der Waals surface area contributed by atoms with E-state index >= 15 is 0 Å². The zero-order valence-electron chi connectivity index (χ0n) is 25.8. The van der Waals surface area contributed by atoms with Gasteiger partial charge in [0.1, 0.15) is 11.5 Å². The molecule has 4 rings (SSSR count). The molecule has 1 aliphatic rings. The molecule has 0 unspecified atom stereocenters. The number of rotatable bonds is 1. The molecule has 40 heavy (non-hydrogen) atoms. The fourth-order valence-corrected chi connectivity index (χ4v) is 3.60. The van der Waals surface area contributed by atoms with Crippen molar-refractivity contribution in [1.29, 1.82) is 0 Å². The number of hydrogen-bond donors (Lipinski definition) is 2. The van der Waals surface area contributed by atoms with Crippen molar-refractivity contribution in [1.82, 2.24) is 20.2 Å². The minimum atomic E-state index is -0.348. The van der Waals surface area contributed by atoms with E-state index in [9.17, 15) is 9.59 Å². The number of aromatic nitrogens is 2. The lowest BCUT2D eigenvalue weighted by atomic mass is 9.98. The first-order valence-corrected chi connectivity index (χ1v) is 14.3. The molecular formula is C33H48N4O3. The van der Waals surface area contributed by atoms with Crippen molar-refractivity contribution in [3.63, 3.8) is 0 Å². The summed E-state index contributed by atoms with van der Waals surface area (Å²) in [6.07, 6.45) is 6.85. The average molecular weight is 549 g/mol. The summed E-state index contributed by atoms with van der Waals surface area (Å²) in [5.41, 5.74) is 3.81. The third-order valence-corrected chi connectivity index (χ3v) is 5.23. The molecule has 0 saturated carbocycles. The zero-order chi connectivity index (χ0) is 30.5. The van der Waals surface area contributed by atoms with E-state index in [0.717, 1.165) is 16.8 Å². The van der Waals surface area contributed by atoms with Gasteiger partial charge in [0.05, 0.1) is 25.1 Å². The van der Waals surface area contributed by atoms with Gasteiger partial charge in [-0.05, 0) is 47.9 Å². The standard InChI is InChI=1S/C25H24N4O3.4C2H6/c1-3-18-8-9-21-11-23(18)22(4-2)25(31)28-14-24(30)27-13-19-12-26-16-29(19)15-17-6-5-7-20(10-17)32-21;4*1-2/h3-12,16H,1,13-15H2,2H3,(H,27,30)(H,28,31);4*1-2H3/b22-4+;;;;. The largest absolute Gasteiger partial charge is 0.457 e. The molecule has 2 aromatic carbocycles. The van der Waals surface area contributed by atoms with Crippen molar-refractivity contribution < 1.29 is 14.3 Å². The van der Waals surface area contributed by atoms with Crippen molar-refractivity contribution in [3.05, 3.63) is 90.0 Å². The number of carbonyl (C=O) groups is 2. The predicted molar refractivity (Wildman–Crippen MR) is 168 cm³/mol. The maximum Gasteiger partial charge on any atom is 0.252 e. The van der Waals surface area contributed by atoms with Crippen LogP contribution < -0.4 is 15.4 Å². The molecule has 2 amide bonds. The van der Waals surface area contributed by atoms with Crippen LogP contribution >= 0.6 is 0 Å². The fraction of sp³-hybridized carbons (Fsp3) is 0.364. The number of fused-ring (bicyclic) bond motifs is 5. The van der Waals surface area contributed by atoms with Crippen LogP contribution in [0, 0.1) is 0 Å². The van der Waals surface area contributed by atoms with E-state index in [1.807, 2.05) is 102 Å². The first kappa shape index (κ1) is 35.9. The molecule has 218 valence electrons. The van der Waals surface area contributed by atoms with Crippen LogP contribution in [0.25, 0.3) is 11.6 Å². The average Bonchev–Trinajstić information content (AvgIpc) is 3.46. The SMILES string of the molecule is C=Cc1ccc2cc1/C(=C\C)C(=O)NCC(=O)NCc1cncn1Cc1cccc(c1)O2.CC.CC.CC.CC. The van der Waals surface area contributed by atoms with Crippen LogP contribution in [0.1, 0.15) is 84.7 Å². The van der Waals surface area contributed by atoms with Gasteiger partial charge in [-0.2, -0.15) is 0 Å². The Morgan fingerprint density at radius 3 is 2.23 bits per heavy atom. The van der Waals surface area contributed by atoms with Gasteiger partial charge in [0, 0.05) is 18.3 Å². The Bertz CT molecular complexity index is 1210. The molecule has 1 aromatic heterocycles. The van der Waals surface area contributed by atoms with E-state index < -0.39 is 0 Å². The van der Waals surface area contributed by atoms with Crippen molar-refractivity contribution in [2.24, 2.45) is 0 Å². The van der Waals surface area contributed by atoms with Crippen molar-refractivity contribution in [3.8, 4) is 11.5 Å². The molecular weight excluding hydrogens is 500 g/mol. The van der Waals surface area contributed by atoms with E-state index in [2.05, 4.69) is 22.2 Å². The summed E-state index contributed by atoms with van der Waals surface area (Å²) in [4.78, 5) is 29.4. The summed E-state index contributed by atoms with van der Waals surface area (Å²) in [5, 5.41) is 5.53. The summed E-state index contributed by atoms with van der Waals surface area (Å²) in [6, 6.07) is 13.3. The Morgan fingerprint density at radius 2 is 1.57 bits per heavy atom. The van der Waals surface area contributed by atoms with Crippen LogP contribution in [0.15, 0.2) is 67.6 Å². The lowest BCUT2D eigenvalue weighted by Gasteiger charge is -2.14. The van der Waals surface area contributed by atoms with Crippen LogP contribution in [0.3, 0.4) is 0 Å². The summed E-state index contributed by atoms with van der Waals surface area (Å²) in [7, 11) is 0. The van der Waals surface area contributed by atoms with Gasteiger partial charge in [-0.1, -0.05) is 92.3 Å². The topological polar surface area (TPSA) is 85.3 Å². The molecule has 0 saturated heterocycles. The summed E-state index contributed by atoms with van der Waals surface area (Å²) in [6.45, 7) is 22.4. The van der Waals surface area contributed by atoms with Crippen molar-refractivity contribution >= 4 is 23.5 Å². The zero-order valence-corrected chi connectivity index (χ0v) is 25.8. The van der Waals surface area contributed by atoms with Gasteiger partial charge in [-0.3, -0.25) is 9.59 Å². The van der Waals surface area contributed by atoms with Gasteiger partial charge in [0.15, 0.2) is 0 Å². The fourth-order valence-electron chi connectivity index (χ4n) is 3.60. The minimum absolute atomic E-state index is 0.134. The Hall–Kier alpha value is -4.13. The maximum atomic E-state index is 12.9. The second kappa shape index (κ2) is 20.8. The van der Waals surface area contributed by atoms with Gasteiger partial charge in [0.25, 0.3) is 5.91 Å². The van der Waals surface area contributed by atoms with Crippen LogP contribution in [-0.2, 0) is 22.7 Å². The number of carbonyl (C=O) groups excluding carboxylic acids is 2. The normalized spacial score (nSPS) is 13.2. The first-order valence-electron chi connectivity index (χ1n) is 14.3. The number of benzene rings is 2. The molecule has 7 heteroatoms. The van der Waals surface area contributed by atoms with Gasteiger partial charge >= 0.3 is 0 Å². The number of nitrogens with one attached hydrogen (secondary N) is 2. The minimum Gasteiger partial charge on any atom is -0.457 e. The van der Waals surface area contributed by atoms with E-state index in [4.69, 9.17) is 4.74 Å². The highest BCUT2D eigenvalue weighted by atomic mass is 16.5. The summed E-state index contributed by atoms with van der Waals surface area (Å²) >= 11 is 0. The maximum absolute atomic E-state index is 12.9. The molecule has 7 nitrogen and oxygen atoms in total. The lowest BCUT2D eigenvalue weighted by Crippen LogP contribution is -2.37. The highest BCUT2D eigenvalue weighted by Crippen LogP contribution is 2.29. The van der Waals surface area contributed by atoms with Crippen molar-refractivity contribution in [2.75, 3.05) is 6.54 Å². The molecule has 0 aliphatic carbocycles. The molecule has 3 aromatic rings. The second-order valence-corrected chi connectivity index (χ2v) is 7.38. The van der Waals surface area contributed by atoms with Crippen LogP contribution in [0.4, 0.5) is 0 Å². The summed E-state index contributed by atoms with van der Waals surface area (Å²) in [5.74, 6) is 0.652. The van der Waals surface area contributed by atoms with Gasteiger partial charge in [-0.25, -0.2) is 4.98 Å². The molecule has 0 radical (unpaired) electrons. The third kappa shape index (κ3) is 10.6. The number of ether oxygens (including phenoxy) is 1. The second-order valence-electron chi connectivity index (χ2n) is 7.38. The van der Waals surface area contributed by atoms with E-state index in [0.29, 0.717) is 35.7 Å². The molecule has 0 spiro atoms. The predicted octanol–water partition coefficient (Wildman–Crippen LogP) is 7.62. The first-order chi connectivity index (χ1) is 19.6. The lowest BCUT2D eigenvalue weighted by molar-refractivity contribution is -0.123. The number of amides is 2. The monoisotopic (exact) mass is 548 g/mol. The molecule has 2 heterocycles. The third-order valence-electron chi connectivity index (χ3n) is 5.23. The molecule has 2 N–H and O–H groups in total. The van der Waals surface area contributed by atoms with Gasteiger partial charge in [0.2, 0.25) is 5.91 Å². The number of allylic oxidation sites excluding steroid dienone is 1. The molecule has 1 aliphatic heterocycles. The van der Waals surface area contributed by atoms with Gasteiger partial charge in [-0.15, -0.1) is 0 Å². The highest BCUT2D eigenvalue weighted by Gasteiger charge is 2.17. The van der Waals surface area contributed by atoms with Crippen LogP contribution in [0.5, 0.6) is 11.5 Å². The van der Waals surface area contributed by atoms with Crippen LogP contribution in [0.2, 0.25) is 0 Å². The number of imidazole rings is 1. The Labute approximate surface area is 241 Å². The Kier molecular flexibility index (Phi) is 18.6. The van der Waals surface area contributed by atoms with Crippen LogP contribution in [-0.4, -0.2) is 27.9 Å². The van der Waals surface area contributed by atoms with E-state index in [1.54, 1.807) is 31.6 Å². The number of nitrogens with zero attached hydrogens (tertiary/aromatic N) is 2.